The lowest BCUT2D eigenvalue weighted by molar-refractivity contribution is -0.122. The Hall–Kier alpha value is -5.63. The lowest BCUT2D eigenvalue weighted by Crippen LogP contribution is -2.50. The van der Waals surface area contributed by atoms with E-state index >= 15 is 0 Å². The van der Waals surface area contributed by atoms with Crippen molar-refractivity contribution in [3.8, 4) is 16.9 Å². The van der Waals surface area contributed by atoms with E-state index in [1.807, 2.05) is 87.5 Å². The molecule has 8 nitrogen and oxygen atoms in total. The van der Waals surface area contributed by atoms with E-state index in [-0.39, 0.29) is 29.0 Å². The number of hydrogen-bond donors (Lipinski definition) is 1. The van der Waals surface area contributed by atoms with Gasteiger partial charge in [-0.3, -0.25) is 19.1 Å². The Labute approximate surface area is 286 Å². The van der Waals surface area contributed by atoms with Gasteiger partial charge in [0.15, 0.2) is 0 Å². The highest BCUT2D eigenvalue weighted by Crippen LogP contribution is 2.48. The molecule has 0 fully saturated rings. The van der Waals surface area contributed by atoms with Crippen molar-refractivity contribution in [1.29, 1.82) is 0 Å². The Morgan fingerprint density at radius 1 is 0.837 bits per heavy atom. The predicted octanol–water partition coefficient (Wildman–Crippen LogP) is 7.55. The van der Waals surface area contributed by atoms with Crippen LogP contribution in [-0.4, -0.2) is 36.7 Å². The lowest BCUT2D eigenvalue weighted by atomic mass is 9.90. The molecule has 2 aromatic heterocycles. The van der Waals surface area contributed by atoms with Crippen molar-refractivity contribution in [2.45, 2.75) is 46.2 Å². The van der Waals surface area contributed by atoms with Crippen LogP contribution in [0.3, 0.4) is 0 Å². The van der Waals surface area contributed by atoms with Gasteiger partial charge < -0.3 is 14.8 Å². The fourth-order valence-corrected chi connectivity index (χ4v) is 7.47. The summed E-state index contributed by atoms with van der Waals surface area (Å²) in [5.41, 5.74) is 7.83. The van der Waals surface area contributed by atoms with E-state index in [2.05, 4.69) is 60.3 Å². The molecule has 7 rings (SSSR count). The van der Waals surface area contributed by atoms with E-state index < -0.39 is 12.1 Å². The quantitative estimate of drug-likeness (QED) is 0.185. The Bertz CT molecular complexity index is 2280. The number of rotatable bonds is 8. The van der Waals surface area contributed by atoms with E-state index in [1.165, 1.54) is 0 Å². The Morgan fingerprint density at radius 3 is 2.20 bits per heavy atom. The molecule has 4 aromatic carbocycles. The van der Waals surface area contributed by atoms with Crippen molar-refractivity contribution >= 4 is 28.4 Å². The molecule has 2 amide bonds. The maximum Gasteiger partial charge on any atom is 0.295 e. The van der Waals surface area contributed by atoms with Gasteiger partial charge in [0.25, 0.3) is 11.5 Å². The second-order valence-electron chi connectivity index (χ2n) is 13.2. The summed E-state index contributed by atoms with van der Waals surface area (Å²) in [5.74, 6) is -0.808. The molecule has 0 radical (unpaired) electrons. The topological polar surface area (TPSA) is 81.3 Å². The van der Waals surface area contributed by atoms with E-state index in [4.69, 9.17) is 0 Å². The minimum absolute atomic E-state index is 0.199. The van der Waals surface area contributed by atoms with Gasteiger partial charge in [-0.25, -0.2) is 4.68 Å². The number of aromatic nitrogens is 3. The number of carbonyl (C=O) groups is 2. The zero-order valence-electron chi connectivity index (χ0n) is 28.8. The fraction of sp³-hybridized carbons (Fsp3) is 0.244. The number of amides is 2. The standard InChI is InChI=1S/C41H41N5O3/c1-7-26(3)36(39(47)42-35-27(4)44(6)46(41(35)49)29-15-9-8-10-16-29)45-38(30-17-11-12-18-31(30)40(45)48)34-32-19-13-14-20-33(32)43(5)37(34)28-23-21-25(2)22-24-28/h8-24,26,36,38H,7H2,1-6H3,(H,42,47). The number of anilines is 1. The second-order valence-corrected chi connectivity index (χ2v) is 13.2. The summed E-state index contributed by atoms with van der Waals surface area (Å²) in [4.78, 5) is 45.1. The minimum Gasteiger partial charge on any atom is -0.343 e. The monoisotopic (exact) mass is 651 g/mol. The van der Waals surface area contributed by atoms with Crippen molar-refractivity contribution in [2.24, 2.45) is 20.0 Å². The highest BCUT2D eigenvalue weighted by atomic mass is 16.2. The van der Waals surface area contributed by atoms with Crippen LogP contribution in [0.1, 0.15) is 59.1 Å². The normalized spacial score (nSPS) is 15.4. The third-order valence-corrected chi connectivity index (χ3v) is 10.3. The van der Waals surface area contributed by atoms with Gasteiger partial charge in [0.1, 0.15) is 11.7 Å². The van der Waals surface area contributed by atoms with Crippen LogP contribution in [0.5, 0.6) is 0 Å². The average molecular weight is 652 g/mol. The number of carbonyl (C=O) groups excluding carboxylic acids is 2. The number of hydrogen-bond acceptors (Lipinski definition) is 3. The Morgan fingerprint density at radius 2 is 1.49 bits per heavy atom. The van der Waals surface area contributed by atoms with Crippen LogP contribution in [-0.2, 0) is 18.9 Å². The van der Waals surface area contributed by atoms with Gasteiger partial charge in [0.2, 0.25) is 5.91 Å². The molecule has 3 atom stereocenters. The lowest BCUT2D eigenvalue weighted by Gasteiger charge is -2.36. The summed E-state index contributed by atoms with van der Waals surface area (Å²) in [6, 6.07) is 32.3. The van der Waals surface area contributed by atoms with Crippen molar-refractivity contribution in [3.05, 3.63) is 141 Å². The molecule has 0 saturated carbocycles. The Kier molecular flexibility index (Phi) is 8.11. The molecule has 1 aliphatic heterocycles. The van der Waals surface area contributed by atoms with E-state index in [0.29, 0.717) is 23.4 Å². The number of nitrogens with one attached hydrogen (secondary N) is 1. The highest BCUT2D eigenvalue weighted by molar-refractivity contribution is 6.06. The second kappa shape index (κ2) is 12.4. The Balaban J connectivity index is 1.41. The average Bonchev–Trinajstić information content (AvgIpc) is 3.65. The fourth-order valence-electron chi connectivity index (χ4n) is 7.47. The smallest absolute Gasteiger partial charge is 0.295 e. The maximum atomic E-state index is 14.7. The van der Waals surface area contributed by atoms with Crippen LogP contribution >= 0.6 is 0 Å². The van der Waals surface area contributed by atoms with Gasteiger partial charge in [-0.15, -0.1) is 0 Å². The molecule has 49 heavy (non-hydrogen) atoms. The molecular weight excluding hydrogens is 610 g/mol. The summed E-state index contributed by atoms with van der Waals surface area (Å²) in [6.07, 6.45) is 0.646. The third kappa shape index (κ3) is 5.10. The number of benzene rings is 4. The molecule has 3 unspecified atom stereocenters. The number of fused-ring (bicyclic) bond motifs is 2. The summed E-state index contributed by atoms with van der Waals surface area (Å²) in [7, 11) is 3.86. The number of nitrogens with zero attached hydrogens (tertiary/aromatic N) is 4. The van der Waals surface area contributed by atoms with Gasteiger partial charge in [0.05, 0.1) is 23.1 Å². The molecule has 3 heterocycles. The van der Waals surface area contributed by atoms with Crippen LogP contribution in [0, 0.1) is 19.8 Å². The number of para-hydroxylation sites is 2. The van der Waals surface area contributed by atoms with Crippen molar-refractivity contribution < 1.29 is 9.59 Å². The van der Waals surface area contributed by atoms with Crippen molar-refractivity contribution in [1.82, 2.24) is 18.8 Å². The molecular formula is C41H41N5O3. The van der Waals surface area contributed by atoms with Crippen LogP contribution < -0.4 is 10.9 Å². The SMILES string of the molecule is CCC(C)C(C(=O)Nc1c(C)n(C)n(-c2ccccc2)c1=O)N1C(=O)c2ccccc2C1c1c(-c2ccc(C)cc2)n(C)c2ccccc12. The first-order valence-corrected chi connectivity index (χ1v) is 16.8. The van der Waals surface area contributed by atoms with Gasteiger partial charge in [0, 0.05) is 36.1 Å². The molecule has 1 N–H and O–H groups in total. The third-order valence-electron chi connectivity index (χ3n) is 10.3. The van der Waals surface area contributed by atoms with E-state index in [1.54, 1.807) is 21.3 Å². The summed E-state index contributed by atoms with van der Waals surface area (Å²) < 4.78 is 5.48. The van der Waals surface area contributed by atoms with Gasteiger partial charge >= 0.3 is 0 Å². The first kappa shape index (κ1) is 31.9. The molecule has 0 spiro atoms. The first-order chi connectivity index (χ1) is 23.6. The summed E-state index contributed by atoms with van der Waals surface area (Å²) >= 11 is 0. The molecule has 0 saturated heterocycles. The predicted molar refractivity (Wildman–Crippen MR) is 195 cm³/mol. The van der Waals surface area contributed by atoms with Crippen LogP contribution in [0.2, 0.25) is 0 Å². The molecule has 0 aliphatic carbocycles. The van der Waals surface area contributed by atoms with Gasteiger partial charge in [-0.1, -0.05) is 105 Å². The summed E-state index contributed by atoms with van der Waals surface area (Å²) in [6.45, 7) is 7.91. The molecule has 1 aliphatic rings. The van der Waals surface area contributed by atoms with Gasteiger partial charge in [-0.2, -0.15) is 0 Å². The molecule has 248 valence electrons. The van der Waals surface area contributed by atoms with Crippen LogP contribution in [0.15, 0.2) is 108 Å². The number of aryl methyl sites for hydroxylation is 2. The summed E-state index contributed by atoms with van der Waals surface area (Å²) in [5, 5.41) is 4.05. The van der Waals surface area contributed by atoms with Gasteiger partial charge in [-0.05, 0) is 55.2 Å². The highest BCUT2D eigenvalue weighted by Gasteiger charge is 2.47. The molecule has 8 heteroatoms. The maximum absolute atomic E-state index is 14.7. The van der Waals surface area contributed by atoms with E-state index in [0.717, 1.165) is 38.9 Å². The zero-order chi connectivity index (χ0) is 34.6. The first-order valence-electron chi connectivity index (χ1n) is 16.8. The minimum atomic E-state index is -0.871. The van der Waals surface area contributed by atoms with E-state index in [9.17, 15) is 14.4 Å². The largest absolute Gasteiger partial charge is 0.343 e. The van der Waals surface area contributed by atoms with Crippen LogP contribution in [0.25, 0.3) is 27.8 Å². The van der Waals surface area contributed by atoms with Crippen molar-refractivity contribution in [2.75, 3.05) is 5.32 Å². The zero-order valence-corrected chi connectivity index (χ0v) is 28.8. The van der Waals surface area contributed by atoms with Crippen LogP contribution in [0.4, 0.5) is 5.69 Å². The molecule has 0 bridgehead atoms. The van der Waals surface area contributed by atoms with Crippen molar-refractivity contribution in [3.63, 3.8) is 0 Å². The molecule has 6 aromatic rings.